The van der Waals surface area contributed by atoms with Crippen molar-refractivity contribution in [2.24, 2.45) is 0 Å². The molecule has 0 amide bonds. The van der Waals surface area contributed by atoms with Crippen molar-refractivity contribution in [2.75, 3.05) is 55.5 Å². The summed E-state index contributed by atoms with van der Waals surface area (Å²) in [5.74, 6) is 0.0555. The molecule has 6 heterocycles. The summed E-state index contributed by atoms with van der Waals surface area (Å²) in [5.41, 5.74) is 2.07. The maximum absolute atomic E-state index is 13.1. The van der Waals surface area contributed by atoms with Gasteiger partial charge in [0.05, 0.1) is 25.9 Å². The van der Waals surface area contributed by atoms with Crippen LogP contribution in [0.15, 0.2) is 50.6 Å². The monoisotopic (exact) mass is 617 g/mol. The number of morpholine rings is 1. The molecule has 3 fully saturated rings. The third-order valence-corrected chi connectivity index (χ3v) is 8.57. The number of aromatic nitrogens is 3. The molecule has 3 aliphatic rings. The molecule has 0 bridgehead atoms. The summed E-state index contributed by atoms with van der Waals surface area (Å²) in [5, 5.41) is 7.64. The number of ether oxygens (including phenoxy) is 2. The molecule has 2 N–H and O–H groups in total. The van der Waals surface area contributed by atoms with Gasteiger partial charge in [-0.1, -0.05) is 12.1 Å². The van der Waals surface area contributed by atoms with Gasteiger partial charge in [0.15, 0.2) is 17.2 Å². The lowest BCUT2D eigenvalue weighted by Crippen LogP contribution is -2.68. The first-order valence-electron chi connectivity index (χ1n) is 13.9. The van der Waals surface area contributed by atoms with Crippen molar-refractivity contribution in [1.29, 1.82) is 0 Å². The minimum atomic E-state index is -2.69. The fourth-order valence-electron chi connectivity index (χ4n) is 5.52. The molecule has 43 heavy (non-hydrogen) atoms. The number of halogens is 2. The second-order valence-corrected chi connectivity index (χ2v) is 11.2. The first kappa shape index (κ1) is 30.7. The summed E-state index contributed by atoms with van der Waals surface area (Å²) in [6.45, 7) is 6.08. The zero-order valence-electron chi connectivity index (χ0n) is 23.8. The highest BCUT2D eigenvalue weighted by molar-refractivity contribution is 7.98. The Hall–Kier alpha value is -3.75. The van der Waals surface area contributed by atoms with E-state index in [1.165, 1.54) is 0 Å². The van der Waals surface area contributed by atoms with E-state index in [9.17, 15) is 13.6 Å². The van der Waals surface area contributed by atoms with Gasteiger partial charge in [0.1, 0.15) is 22.4 Å². The summed E-state index contributed by atoms with van der Waals surface area (Å²) in [4.78, 5) is 36.5. The lowest BCUT2D eigenvalue weighted by atomic mass is 9.90. The number of carboxylic acid groups (broad SMARTS) is 1. The molecule has 4 aromatic rings. The first-order valence-corrected chi connectivity index (χ1v) is 15.1. The number of rotatable bonds is 4. The van der Waals surface area contributed by atoms with Crippen LogP contribution in [0.2, 0.25) is 0 Å². The molecular weight excluding hydrogens is 584 g/mol. The normalized spacial score (nSPS) is 19.1. The lowest BCUT2D eigenvalue weighted by Gasteiger charge is -2.53. The van der Waals surface area contributed by atoms with E-state index in [1.54, 1.807) is 18.0 Å². The average Bonchev–Trinajstić information content (AvgIpc) is 3.66. The highest BCUT2D eigenvalue weighted by atomic mass is 32.2. The molecule has 3 saturated heterocycles. The van der Waals surface area contributed by atoms with Gasteiger partial charge in [-0.25, -0.2) is 18.7 Å². The van der Waals surface area contributed by atoms with Crippen LogP contribution in [-0.2, 0) is 14.3 Å². The number of nitrogens with one attached hydrogen (secondary N) is 1. The summed E-state index contributed by atoms with van der Waals surface area (Å²) in [6, 6.07) is 9.44. The van der Waals surface area contributed by atoms with Gasteiger partial charge in [0.25, 0.3) is 18.5 Å². The number of carbonyl (C=O) groups is 1. The molecular formula is C29H33F2N5O6S. The second-order valence-electron chi connectivity index (χ2n) is 10.3. The van der Waals surface area contributed by atoms with E-state index in [-0.39, 0.29) is 23.7 Å². The molecule has 1 unspecified atom stereocenters. The van der Waals surface area contributed by atoms with E-state index in [4.69, 9.17) is 23.8 Å². The summed E-state index contributed by atoms with van der Waals surface area (Å²) >= 11 is 1.62. The molecule has 1 spiro atoms. The minimum Gasteiger partial charge on any atom is -0.483 e. The van der Waals surface area contributed by atoms with E-state index in [0.717, 1.165) is 48.4 Å². The highest BCUT2D eigenvalue weighted by Gasteiger charge is 2.50. The van der Waals surface area contributed by atoms with Crippen molar-refractivity contribution in [3.63, 3.8) is 0 Å². The van der Waals surface area contributed by atoms with Crippen LogP contribution < -0.4 is 15.4 Å². The molecule has 1 atom stereocenters. The van der Waals surface area contributed by atoms with Crippen molar-refractivity contribution in [3.8, 4) is 0 Å². The Balaban J connectivity index is 0.000000158. The van der Waals surface area contributed by atoms with E-state index < -0.39 is 12.2 Å². The van der Waals surface area contributed by atoms with Crippen LogP contribution in [0.4, 0.5) is 20.3 Å². The Morgan fingerprint density at radius 1 is 1.19 bits per heavy atom. The zero-order valence-corrected chi connectivity index (χ0v) is 24.6. The molecule has 1 aromatic carbocycles. The van der Waals surface area contributed by atoms with Gasteiger partial charge in [-0.05, 0) is 44.2 Å². The topological polar surface area (TPSA) is 134 Å². The third-order valence-electron chi connectivity index (χ3n) is 7.87. The molecule has 11 nitrogen and oxygen atoms in total. The summed E-state index contributed by atoms with van der Waals surface area (Å²) in [6.07, 6.45) is 3.14. The largest absolute Gasteiger partial charge is 0.483 e. The smallest absolute Gasteiger partial charge is 0.297 e. The van der Waals surface area contributed by atoms with Crippen molar-refractivity contribution in [3.05, 3.63) is 52.7 Å². The fourth-order valence-corrected chi connectivity index (χ4v) is 5.93. The highest BCUT2D eigenvalue weighted by Crippen LogP contribution is 2.36. The Morgan fingerprint density at radius 2 is 1.91 bits per heavy atom. The number of furan rings is 1. The molecule has 0 saturated carbocycles. The van der Waals surface area contributed by atoms with E-state index in [2.05, 4.69) is 26.8 Å². The van der Waals surface area contributed by atoms with Crippen molar-refractivity contribution >= 4 is 51.8 Å². The zero-order chi connectivity index (χ0) is 30.6. The van der Waals surface area contributed by atoms with Gasteiger partial charge in [-0.15, -0.1) is 11.8 Å². The van der Waals surface area contributed by atoms with E-state index >= 15 is 0 Å². The minimum absolute atomic E-state index is 0.0399. The molecule has 7 rings (SSSR count). The van der Waals surface area contributed by atoms with Crippen LogP contribution in [0.5, 0.6) is 0 Å². The number of hydrogen-bond acceptors (Lipinski definition) is 10. The fraction of sp³-hybridized carbons (Fsp3) is 0.448. The van der Waals surface area contributed by atoms with Crippen LogP contribution in [0, 0.1) is 0 Å². The lowest BCUT2D eigenvalue weighted by molar-refractivity contribution is -0.228. The number of fused-ring (bicyclic) bond motifs is 3. The molecule has 3 aromatic heterocycles. The predicted molar refractivity (Wildman–Crippen MR) is 160 cm³/mol. The Kier molecular flexibility index (Phi) is 9.47. The number of aromatic amines is 1. The molecule has 3 aliphatic heterocycles. The Bertz CT molecular complexity index is 1620. The molecule has 14 heteroatoms. The van der Waals surface area contributed by atoms with Gasteiger partial charge in [-0.2, -0.15) is 0 Å². The van der Waals surface area contributed by atoms with E-state index in [1.807, 2.05) is 41.5 Å². The number of nitrogens with zero attached hydrogens (tertiary/aromatic N) is 4. The first-order chi connectivity index (χ1) is 20.8. The quantitative estimate of drug-likeness (QED) is 0.244. The average molecular weight is 618 g/mol. The van der Waals surface area contributed by atoms with Crippen LogP contribution in [-0.4, -0.2) is 83.9 Å². The van der Waals surface area contributed by atoms with Crippen molar-refractivity contribution < 1.29 is 32.6 Å². The van der Waals surface area contributed by atoms with Gasteiger partial charge in [0.2, 0.25) is 0 Å². The van der Waals surface area contributed by atoms with Gasteiger partial charge >= 0.3 is 0 Å². The predicted octanol–water partition coefficient (Wildman–Crippen LogP) is 4.71. The Labute approximate surface area is 250 Å². The van der Waals surface area contributed by atoms with Crippen LogP contribution >= 0.6 is 11.8 Å². The second kappa shape index (κ2) is 13.3. The molecule has 0 radical (unpaired) electrons. The molecule has 0 aliphatic carbocycles. The van der Waals surface area contributed by atoms with Crippen molar-refractivity contribution in [2.45, 2.75) is 42.7 Å². The Morgan fingerprint density at radius 3 is 2.56 bits per heavy atom. The number of H-pyrrole nitrogens is 1. The van der Waals surface area contributed by atoms with Crippen LogP contribution in [0.25, 0.3) is 22.1 Å². The number of benzene rings is 1. The van der Waals surface area contributed by atoms with Gasteiger partial charge < -0.3 is 33.8 Å². The van der Waals surface area contributed by atoms with Crippen molar-refractivity contribution in [1.82, 2.24) is 15.0 Å². The number of pyridine rings is 1. The van der Waals surface area contributed by atoms with Gasteiger partial charge in [-0.3, -0.25) is 9.59 Å². The maximum Gasteiger partial charge on any atom is 0.297 e. The summed E-state index contributed by atoms with van der Waals surface area (Å²) in [7, 11) is 0. The number of alkyl halides is 2. The number of anilines is 2. The van der Waals surface area contributed by atoms with E-state index in [0.29, 0.717) is 42.3 Å². The van der Waals surface area contributed by atoms with Gasteiger partial charge in [0, 0.05) is 36.1 Å². The third kappa shape index (κ3) is 6.17. The summed E-state index contributed by atoms with van der Waals surface area (Å²) < 4.78 is 43.2. The number of hydrogen-bond donors (Lipinski definition) is 2. The standard InChI is InChI=1S/C15H13F2N3O.C13H18N2O3S.CH2O2/c16-13(17)14-18-11-9-5-1-2-6-10(9)21-12(11)15(19-14)20-7-3-4-8-20;1-9-13(7-17-8-13)18-4-3-15(9)11-5-10(19-2)6-14-12(11)16;2-1-3/h1-2,5-6,13H,3-4,7-8H2;5-6,9H,3-4,7-8H2,1-2H3,(H,14,16);1H,(H,2,3). The van der Waals surface area contributed by atoms with Crippen LogP contribution in [0.1, 0.15) is 32.0 Å². The number of para-hydroxylation sites is 1. The SMILES string of the molecule is CSc1c[nH]c(=O)c(N2CCOC3(COC3)C2C)c1.FC(F)c1nc(N2CCCC2)c2oc3ccccc3c2n1.O=CO. The molecule has 230 valence electrons. The number of thioether (sulfide) groups is 1. The maximum atomic E-state index is 13.1. The van der Waals surface area contributed by atoms with Crippen LogP contribution in [0.3, 0.4) is 0 Å².